The fourth-order valence-corrected chi connectivity index (χ4v) is 1.82. The SMILES string of the molecule is CCCC.CCCCCCCCCCCCS. The third-order valence-electron chi connectivity index (χ3n) is 3.01. The van der Waals surface area contributed by atoms with Crippen LogP contribution in [-0.4, -0.2) is 5.75 Å². The van der Waals surface area contributed by atoms with E-state index in [0.717, 1.165) is 5.75 Å². The molecule has 0 nitrogen and oxygen atoms in total. The van der Waals surface area contributed by atoms with Crippen LogP contribution in [0.5, 0.6) is 0 Å². The van der Waals surface area contributed by atoms with Crippen molar-refractivity contribution in [3.05, 3.63) is 0 Å². The minimum Gasteiger partial charge on any atom is -0.179 e. The molecule has 0 bridgehead atoms. The Bertz CT molecular complexity index is 89.7. The van der Waals surface area contributed by atoms with Crippen molar-refractivity contribution in [2.75, 3.05) is 5.75 Å². The summed E-state index contributed by atoms with van der Waals surface area (Å²) in [5.41, 5.74) is 0. The second-order valence-corrected chi connectivity index (χ2v) is 5.35. The summed E-state index contributed by atoms with van der Waals surface area (Å²) in [5, 5.41) is 0. The second-order valence-electron chi connectivity index (χ2n) is 4.91. The van der Waals surface area contributed by atoms with E-state index in [1.54, 1.807) is 0 Å². The van der Waals surface area contributed by atoms with Gasteiger partial charge in [0.05, 0.1) is 0 Å². The van der Waals surface area contributed by atoms with Gasteiger partial charge in [0.1, 0.15) is 0 Å². The maximum Gasteiger partial charge on any atom is -0.00979 e. The summed E-state index contributed by atoms with van der Waals surface area (Å²) < 4.78 is 0. The zero-order chi connectivity index (χ0) is 13.2. The summed E-state index contributed by atoms with van der Waals surface area (Å²) in [6.45, 7) is 6.64. The van der Waals surface area contributed by atoms with Crippen molar-refractivity contribution in [3.63, 3.8) is 0 Å². The maximum atomic E-state index is 4.20. The molecule has 0 radical (unpaired) electrons. The topological polar surface area (TPSA) is 0 Å². The first-order chi connectivity index (χ1) is 8.33. The Hall–Kier alpha value is 0.350. The first-order valence-corrected chi connectivity index (χ1v) is 8.57. The van der Waals surface area contributed by atoms with E-state index in [1.807, 2.05) is 0 Å². The summed E-state index contributed by atoms with van der Waals surface area (Å²) in [7, 11) is 0. The quantitative estimate of drug-likeness (QED) is 0.312. The average Bonchev–Trinajstić information content (AvgIpc) is 2.37. The van der Waals surface area contributed by atoms with Crippen molar-refractivity contribution in [1.29, 1.82) is 0 Å². The number of hydrogen-bond acceptors (Lipinski definition) is 1. The predicted molar refractivity (Wildman–Crippen MR) is 86.3 cm³/mol. The van der Waals surface area contributed by atoms with Crippen molar-refractivity contribution >= 4 is 12.6 Å². The van der Waals surface area contributed by atoms with Crippen molar-refractivity contribution < 1.29 is 0 Å². The van der Waals surface area contributed by atoms with Crippen LogP contribution in [0.25, 0.3) is 0 Å². The lowest BCUT2D eigenvalue weighted by molar-refractivity contribution is 0.563. The third-order valence-corrected chi connectivity index (χ3v) is 3.33. The molecular weight excluding hydrogens is 224 g/mol. The van der Waals surface area contributed by atoms with Crippen LogP contribution in [0.15, 0.2) is 0 Å². The lowest BCUT2D eigenvalue weighted by atomic mass is 10.1. The van der Waals surface area contributed by atoms with Gasteiger partial charge in [-0.1, -0.05) is 91.4 Å². The molecule has 0 spiro atoms. The van der Waals surface area contributed by atoms with Crippen molar-refractivity contribution in [2.45, 2.75) is 97.8 Å². The van der Waals surface area contributed by atoms with E-state index in [1.165, 1.54) is 77.0 Å². The molecule has 0 saturated heterocycles. The standard InChI is InChI=1S/C12H26S.C4H10/c1-2-3-4-5-6-7-8-9-10-11-12-13;1-3-4-2/h13H,2-12H2,1H3;3-4H2,1-2H3. The average molecular weight is 261 g/mol. The van der Waals surface area contributed by atoms with Crippen LogP contribution in [0.2, 0.25) is 0 Å². The fourth-order valence-electron chi connectivity index (χ4n) is 1.60. The highest BCUT2D eigenvalue weighted by Gasteiger charge is 1.91. The Kier molecular flexibility index (Phi) is 25.0. The van der Waals surface area contributed by atoms with Gasteiger partial charge in [-0.15, -0.1) is 0 Å². The molecule has 0 amide bonds. The Morgan fingerprint density at radius 2 is 0.824 bits per heavy atom. The normalized spacial score (nSPS) is 9.88. The molecule has 0 aromatic rings. The Morgan fingerprint density at radius 1 is 0.471 bits per heavy atom. The van der Waals surface area contributed by atoms with E-state index in [9.17, 15) is 0 Å². The smallest absolute Gasteiger partial charge is 0.00979 e. The van der Waals surface area contributed by atoms with Crippen molar-refractivity contribution in [3.8, 4) is 0 Å². The molecule has 0 aromatic carbocycles. The fraction of sp³-hybridized carbons (Fsp3) is 1.00. The van der Waals surface area contributed by atoms with Gasteiger partial charge in [0.2, 0.25) is 0 Å². The second kappa shape index (κ2) is 21.6. The molecule has 0 fully saturated rings. The summed E-state index contributed by atoms with van der Waals surface area (Å²) >= 11 is 4.20. The zero-order valence-electron chi connectivity index (χ0n) is 12.6. The van der Waals surface area contributed by atoms with Gasteiger partial charge in [0.25, 0.3) is 0 Å². The number of unbranched alkanes of at least 4 members (excludes halogenated alkanes) is 10. The van der Waals surface area contributed by atoms with Crippen LogP contribution in [0.3, 0.4) is 0 Å². The van der Waals surface area contributed by atoms with Crippen LogP contribution in [0, 0.1) is 0 Å². The Labute approximate surface area is 116 Å². The lowest BCUT2D eigenvalue weighted by Crippen LogP contribution is -1.81. The Balaban J connectivity index is 0. The van der Waals surface area contributed by atoms with Gasteiger partial charge in [-0.25, -0.2) is 0 Å². The molecule has 0 N–H and O–H groups in total. The van der Waals surface area contributed by atoms with Crippen molar-refractivity contribution in [2.24, 2.45) is 0 Å². The number of rotatable bonds is 11. The van der Waals surface area contributed by atoms with E-state index in [4.69, 9.17) is 0 Å². The minimum absolute atomic E-state index is 1.07. The van der Waals surface area contributed by atoms with E-state index >= 15 is 0 Å². The molecule has 0 rings (SSSR count). The van der Waals surface area contributed by atoms with E-state index in [2.05, 4.69) is 33.4 Å². The molecule has 0 aliphatic carbocycles. The molecule has 0 heterocycles. The Morgan fingerprint density at radius 3 is 1.12 bits per heavy atom. The minimum atomic E-state index is 1.07. The van der Waals surface area contributed by atoms with E-state index in [-0.39, 0.29) is 0 Å². The van der Waals surface area contributed by atoms with Gasteiger partial charge in [-0.05, 0) is 12.2 Å². The monoisotopic (exact) mass is 260 g/mol. The van der Waals surface area contributed by atoms with Gasteiger partial charge in [-0.2, -0.15) is 12.6 Å². The molecule has 0 saturated carbocycles. The summed E-state index contributed by atoms with van der Waals surface area (Å²) in [4.78, 5) is 0. The largest absolute Gasteiger partial charge is 0.179 e. The van der Waals surface area contributed by atoms with Crippen LogP contribution >= 0.6 is 12.6 Å². The summed E-state index contributed by atoms with van der Waals surface area (Å²) in [5.74, 6) is 1.07. The van der Waals surface area contributed by atoms with Gasteiger partial charge < -0.3 is 0 Å². The molecule has 106 valence electrons. The highest BCUT2D eigenvalue weighted by atomic mass is 32.1. The molecule has 17 heavy (non-hydrogen) atoms. The first kappa shape index (κ1) is 19.7. The molecule has 0 unspecified atom stereocenters. The highest BCUT2D eigenvalue weighted by molar-refractivity contribution is 7.80. The number of thiol groups is 1. The maximum absolute atomic E-state index is 4.20. The molecular formula is C16H36S. The van der Waals surface area contributed by atoms with Crippen LogP contribution in [0.4, 0.5) is 0 Å². The molecule has 0 atom stereocenters. The summed E-state index contributed by atoms with van der Waals surface area (Å²) in [6, 6.07) is 0. The van der Waals surface area contributed by atoms with Crippen molar-refractivity contribution in [1.82, 2.24) is 0 Å². The first-order valence-electron chi connectivity index (χ1n) is 7.94. The van der Waals surface area contributed by atoms with Gasteiger partial charge >= 0.3 is 0 Å². The molecule has 1 heteroatoms. The lowest BCUT2D eigenvalue weighted by Gasteiger charge is -2.00. The van der Waals surface area contributed by atoms with E-state index < -0.39 is 0 Å². The van der Waals surface area contributed by atoms with Crippen LogP contribution in [0.1, 0.15) is 97.8 Å². The van der Waals surface area contributed by atoms with Gasteiger partial charge in [0.15, 0.2) is 0 Å². The molecule has 0 aliphatic rings. The van der Waals surface area contributed by atoms with Gasteiger partial charge in [0, 0.05) is 0 Å². The van der Waals surface area contributed by atoms with Crippen LogP contribution < -0.4 is 0 Å². The highest BCUT2D eigenvalue weighted by Crippen LogP contribution is 2.10. The van der Waals surface area contributed by atoms with Crippen LogP contribution in [-0.2, 0) is 0 Å². The van der Waals surface area contributed by atoms with Gasteiger partial charge in [-0.3, -0.25) is 0 Å². The predicted octanol–water partition coefficient (Wildman–Crippen LogP) is 6.64. The zero-order valence-corrected chi connectivity index (χ0v) is 13.5. The summed E-state index contributed by atoms with van der Waals surface area (Å²) in [6.07, 6.45) is 16.8. The third kappa shape index (κ3) is 26.1. The molecule has 0 aromatic heterocycles. The molecule has 0 aliphatic heterocycles. The number of hydrogen-bond donors (Lipinski definition) is 1. The van der Waals surface area contributed by atoms with E-state index in [0.29, 0.717) is 0 Å².